The van der Waals surface area contributed by atoms with E-state index in [0.717, 1.165) is 34.4 Å². The van der Waals surface area contributed by atoms with Gasteiger partial charge in [0.15, 0.2) is 0 Å². The Morgan fingerprint density at radius 1 is 0.815 bits per heavy atom. The summed E-state index contributed by atoms with van der Waals surface area (Å²) in [6.45, 7) is 14.7. The van der Waals surface area contributed by atoms with E-state index in [9.17, 15) is 9.59 Å². The molecule has 4 nitrogen and oxygen atoms in total. The average Bonchev–Trinajstić information content (AvgIpc) is 2.64. The molecule has 0 aromatic heterocycles. The molecule has 0 saturated carbocycles. The summed E-state index contributed by atoms with van der Waals surface area (Å²) in [4.78, 5) is 23.7. The van der Waals surface area contributed by atoms with Crippen molar-refractivity contribution in [1.29, 1.82) is 0 Å². The van der Waals surface area contributed by atoms with Crippen LogP contribution in [0, 0.1) is 13.8 Å². The van der Waals surface area contributed by atoms with Crippen LogP contribution in [0.25, 0.3) is 0 Å². The van der Waals surface area contributed by atoms with Crippen LogP contribution >= 0.6 is 0 Å². The van der Waals surface area contributed by atoms with Gasteiger partial charge in [0.2, 0.25) is 0 Å². The Morgan fingerprint density at radius 3 is 1.52 bits per heavy atom. The van der Waals surface area contributed by atoms with Gasteiger partial charge in [0.1, 0.15) is 11.5 Å². The van der Waals surface area contributed by atoms with E-state index in [0.29, 0.717) is 11.5 Å². The molecule has 2 aromatic rings. The Kier molecular flexibility index (Phi) is 6.01. The molecule has 2 aromatic carbocycles. The molecule has 140 valence electrons. The lowest BCUT2D eigenvalue weighted by Gasteiger charge is -2.30. The number of hydrogen-bond donors (Lipinski definition) is 0. The van der Waals surface area contributed by atoms with E-state index >= 15 is 0 Å². The second kappa shape index (κ2) is 8.04. The zero-order valence-corrected chi connectivity index (χ0v) is 16.2. The summed E-state index contributed by atoms with van der Waals surface area (Å²) in [7, 11) is 0. The standard InChI is InChI=1S/C23H24O4/c1-7-19(24)26-21-15(3)11-9-13-17(21)23(5,6)18-14-10-12-16(4)22(18)27-20(25)8-2/h7-14H,1-2H2,3-6H3. The van der Waals surface area contributed by atoms with Gasteiger partial charge in [0.25, 0.3) is 0 Å². The van der Waals surface area contributed by atoms with Gasteiger partial charge >= 0.3 is 11.9 Å². The number of carbonyl (C=O) groups is 2. The number of esters is 2. The highest BCUT2D eigenvalue weighted by molar-refractivity contribution is 5.85. The Morgan fingerprint density at radius 2 is 1.19 bits per heavy atom. The summed E-state index contributed by atoms with van der Waals surface area (Å²) in [6, 6.07) is 11.4. The third-order valence-corrected chi connectivity index (χ3v) is 4.51. The number of carbonyl (C=O) groups excluding carboxylic acids is 2. The maximum atomic E-state index is 11.8. The van der Waals surface area contributed by atoms with Crippen molar-refractivity contribution in [2.45, 2.75) is 33.1 Å². The molecular weight excluding hydrogens is 340 g/mol. The minimum Gasteiger partial charge on any atom is -0.423 e. The van der Waals surface area contributed by atoms with Gasteiger partial charge < -0.3 is 9.47 Å². The predicted molar refractivity (Wildman–Crippen MR) is 106 cm³/mol. The molecule has 4 heteroatoms. The third-order valence-electron chi connectivity index (χ3n) is 4.51. The number of para-hydroxylation sites is 2. The van der Waals surface area contributed by atoms with Gasteiger partial charge in [-0.1, -0.05) is 63.4 Å². The molecule has 0 amide bonds. The lowest BCUT2D eigenvalue weighted by Crippen LogP contribution is -2.23. The Balaban J connectivity index is 2.67. The number of ether oxygens (including phenoxy) is 2. The quantitative estimate of drug-likeness (QED) is 0.419. The fraction of sp³-hybridized carbons (Fsp3) is 0.217. The first kappa shape index (κ1) is 20.2. The van der Waals surface area contributed by atoms with Crippen molar-refractivity contribution in [1.82, 2.24) is 0 Å². The van der Waals surface area contributed by atoms with Crippen molar-refractivity contribution in [2.75, 3.05) is 0 Å². The van der Waals surface area contributed by atoms with Crippen molar-refractivity contribution in [3.05, 3.63) is 84.0 Å². The second-order valence-electron chi connectivity index (χ2n) is 6.78. The molecule has 0 bridgehead atoms. The molecule has 0 fully saturated rings. The molecule has 0 saturated heterocycles. The molecule has 0 spiro atoms. The molecule has 0 heterocycles. The lowest BCUT2D eigenvalue weighted by atomic mass is 9.76. The van der Waals surface area contributed by atoms with E-state index in [1.54, 1.807) is 0 Å². The highest BCUT2D eigenvalue weighted by Crippen LogP contribution is 2.43. The first-order chi connectivity index (χ1) is 12.7. The lowest BCUT2D eigenvalue weighted by molar-refractivity contribution is -0.129. The summed E-state index contributed by atoms with van der Waals surface area (Å²) >= 11 is 0. The van der Waals surface area contributed by atoms with Gasteiger partial charge in [-0.05, 0) is 25.0 Å². The summed E-state index contributed by atoms with van der Waals surface area (Å²) < 4.78 is 11.0. The highest BCUT2D eigenvalue weighted by Gasteiger charge is 2.32. The van der Waals surface area contributed by atoms with Crippen LogP contribution < -0.4 is 9.47 Å². The van der Waals surface area contributed by atoms with Crippen molar-refractivity contribution in [2.24, 2.45) is 0 Å². The van der Waals surface area contributed by atoms with Crippen LogP contribution in [0.4, 0.5) is 0 Å². The molecule has 2 rings (SSSR count). The molecule has 0 radical (unpaired) electrons. The average molecular weight is 364 g/mol. The van der Waals surface area contributed by atoms with Crippen LogP contribution in [0.1, 0.15) is 36.1 Å². The first-order valence-electron chi connectivity index (χ1n) is 8.61. The maximum absolute atomic E-state index is 11.8. The zero-order chi connectivity index (χ0) is 20.2. The van der Waals surface area contributed by atoms with Gasteiger partial charge in [-0.2, -0.15) is 0 Å². The molecule has 0 aliphatic carbocycles. The fourth-order valence-electron chi connectivity index (χ4n) is 2.99. The van der Waals surface area contributed by atoms with Crippen molar-refractivity contribution in [3.63, 3.8) is 0 Å². The Bertz CT molecular complexity index is 833. The van der Waals surface area contributed by atoms with Gasteiger partial charge in [0, 0.05) is 28.7 Å². The van der Waals surface area contributed by atoms with Crippen LogP contribution in [0.5, 0.6) is 11.5 Å². The SMILES string of the molecule is C=CC(=O)Oc1c(C)cccc1C(C)(C)c1cccc(C)c1OC(=O)C=C. The van der Waals surface area contributed by atoms with E-state index in [1.165, 1.54) is 0 Å². The molecule has 0 atom stereocenters. The summed E-state index contributed by atoms with van der Waals surface area (Å²) in [5.74, 6) is -0.0855. The summed E-state index contributed by atoms with van der Waals surface area (Å²) in [5, 5.41) is 0. The third kappa shape index (κ3) is 4.17. The number of aryl methyl sites for hydroxylation is 2. The van der Waals surface area contributed by atoms with Crippen LogP contribution in [-0.2, 0) is 15.0 Å². The first-order valence-corrected chi connectivity index (χ1v) is 8.61. The minimum absolute atomic E-state index is 0.481. The predicted octanol–water partition coefficient (Wildman–Crippen LogP) is 4.81. The molecule has 0 N–H and O–H groups in total. The van der Waals surface area contributed by atoms with E-state index in [1.807, 2.05) is 64.1 Å². The van der Waals surface area contributed by atoms with Gasteiger partial charge in [-0.25, -0.2) is 9.59 Å². The summed E-state index contributed by atoms with van der Waals surface area (Å²) in [6.07, 6.45) is 2.26. The van der Waals surface area contributed by atoms with E-state index in [-0.39, 0.29) is 0 Å². The highest BCUT2D eigenvalue weighted by atomic mass is 16.5. The number of rotatable bonds is 6. The van der Waals surface area contributed by atoms with Crippen LogP contribution in [-0.4, -0.2) is 11.9 Å². The van der Waals surface area contributed by atoms with Crippen LogP contribution in [0.2, 0.25) is 0 Å². The molecular formula is C23H24O4. The van der Waals surface area contributed by atoms with E-state index in [4.69, 9.17) is 9.47 Å². The molecule has 0 aliphatic heterocycles. The van der Waals surface area contributed by atoms with Crippen LogP contribution in [0.3, 0.4) is 0 Å². The van der Waals surface area contributed by atoms with E-state index < -0.39 is 17.4 Å². The number of benzene rings is 2. The Hall–Kier alpha value is -3.14. The normalized spacial score (nSPS) is 10.8. The monoisotopic (exact) mass is 364 g/mol. The fourth-order valence-corrected chi connectivity index (χ4v) is 2.99. The summed E-state index contributed by atoms with van der Waals surface area (Å²) in [5.41, 5.74) is 2.66. The zero-order valence-electron chi connectivity index (χ0n) is 16.2. The van der Waals surface area contributed by atoms with E-state index in [2.05, 4.69) is 13.2 Å². The smallest absolute Gasteiger partial charge is 0.335 e. The second-order valence-corrected chi connectivity index (χ2v) is 6.78. The largest absolute Gasteiger partial charge is 0.423 e. The Labute approximate surface area is 160 Å². The van der Waals surface area contributed by atoms with Crippen molar-refractivity contribution >= 4 is 11.9 Å². The molecule has 27 heavy (non-hydrogen) atoms. The molecule has 0 unspecified atom stereocenters. The topological polar surface area (TPSA) is 52.6 Å². The van der Waals surface area contributed by atoms with Crippen molar-refractivity contribution in [3.8, 4) is 11.5 Å². The number of hydrogen-bond acceptors (Lipinski definition) is 4. The van der Waals surface area contributed by atoms with Gasteiger partial charge in [-0.3, -0.25) is 0 Å². The van der Waals surface area contributed by atoms with Crippen molar-refractivity contribution < 1.29 is 19.1 Å². The molecule has 0 aliphatic rings. The van der Waals surface area contributed by atoms with Gasteiger partial charge in [0.05, 0.1) is 0 Å². The van der Waals surface area contributed by atoms with Gasteiger partial charge in [-0.15, -0.1) is 0 Å². The van der Waals surface area contributed by atoms with Crippen LogP contribution in [0.15, 0.2) is 61.7 Å². The minimum atomic E-state index is -0.606. The maximum Gasteiger partial charge on any atom is 0.335 e.